The van der Waals surface area contributed by atoms with Crippen LogP contribution in [0.1, 0.15) is 24.5 Å². The van der Waals surface area contributed by atoms with Crippen LogP contribution in [-0.4, -0.2) is 18.8 Å². The fourth-order valence-corrected chi connectivity index (χ4v) is 3.02. The normalized spacial score (nSPS) is 11.5. The van der Waals surface area contributed by atoms with Gasteiger partial charge in [0.15, 0.2) is 0 Å². The lowest BCUT2D eigenvalue weighted by molar-refractivity contribution is -0.0800. The van der Waals surface area contributed by atoms with Crippen molar-refractivity contribution in [2.24, 2.45) is 0 Å². The van der Waals surface area contributed by atoms with E-state index < -0.39 is 12.2 Å². The second-order valence-corrected chi connectivity index (χ2v) is 7.30. The Bertz CT molecular complexity index is 865. The Morgan fingerprint density at radius 1 is 1.17 bits per heavy atom. The summed E-state index contributed by atoms with van der Waals surface area (Å²) >= 11 is 3.34. The maximum Gasteiger partial charge on any atom is 0.409 e. The fraction of sp³-hybridized carbons (Fsp3) is 0.286. The van der Waals surface area contributed by atoms with Crippen LogP contribution >= 0.6 is 15.9 Å². The molecule has 0 aliphatic carbocycles. The molecule has 0 aliphatic heterocycles. The van der Waals surface area contributed by atoms with Crippen LogP contribution in [0.5, 0.6) is 5.75 Å². The van der Waals surface area contributed by atoms with Crippen molar-refractivity contribution in [3.63, 3.8) is 0 Å². The van der Waals surface area contributed by atoms with Gasteiger partial charge in [0.2, 0.25) is 0 Å². The molecule has 0 atom stereocenters. The van der Waals surface area contributed by atoms with Crippen molar-refractivity contribution in [3.05, 3.63) is 64.1 Å². The molecule has 0 fully saturated rings. The van der Waals surface area contributed by atoms with Crippen molar-refractivity contribution in [1.29, 1.82) is 0 Å². The molecule has 0 bridgehead atoms. The number of nitrogens with one attached hydrogen (secondary N) is 2. The Morgan fingerprint density at radius 3 is 2.48 bits per heavy atom. The van der Waals surface area contributed by atoms with Crippen LogP contribution < -0.4 is 15.4 Å². The van der Waals surface area contributed by atoms with E-state index in [1.54, 1.807) is 24.3 Å². The number of hydrogen-bond acceptors (Lipinski definition) is 2. The second kappa shape index (κ2) is 10.3. The van der Waals surface area contributed by atoms with E-state index in [9.17, 15) is 18.0 Å². The van der Waals surface area contributed by atoms with E-state index in [-0.39, 0.29) is 12.5 Å². The third-order valence-corrected chi connectivity index (χ3v) is 4.24. The second-order valence-electron chi connectivity index (χ2n) is 6.38. The first-order valence-electron chi connectivity index (χ1n) is 9.02. The van der Waals surface area contributed by atoms with E-state index in [0.29, 0.717) is 40.2 Å². The van der Waals surface area contributed by atoms with Gasteiger partial charge in [0, 0.05) is 21.8 Å². The maximum atomic E-state index is 12.4. The average molecular weight is 471 g/mol. The molecule has 0 radical (unpaired) electrons. The molecule has 0 aliphatic rings. The van der Waals surface area contributed by atoms with Gasteiger partial charge in [-0.3, -0.25) is 0 Å². The van der Waals surface area contributed by atoms with E-state index in [4.69, 9.17) is 4.74 Å². The third kappa shape index (κ3) is 7.81. The average Bonchev–Trinajstić information content (AvgIpc) is 2.62. The molecule has 0 saturated carbocycles. The lowest BCUT2D eigenvalue weighted by Crippen LogP contribution is -2.20. The SMILES string of the molecule is CCCOc1c(C/C=C/C(F)(F)F)cc(Br)cc1NC(=O)Nc1ccc(C)cc1. The highest BCUT2D eigenvalue weighted by molar-refractivity contribution is 9.10. The van der Waals surface area contributed by atoms with Gasteiger partial charge in [0.05, 0.1) is 12.3 Å². The van der Waals surface area contributed by atoms with Gasteiger partial charge in [0.25, 0.3) is 0 Å². The van der Waals surface area contributed by atoms with Gasteiger partial charge < -0.3 is 15.4 Å². The smallest absolute Gasteiger partial charge is 0.409 e. The summed E-state index contributed by atoms with van der Waals surface area (Å²) in [5.41, 5.74) is 2.58. The highest BCUT2D eigenvalue weighted by atomic mass is 79.9. The molecule has 2 amide bonds. The first-order chi connectivity index (χ1) is 13.7. The quantitative estimate of drug-likeness (QED) is 0.434. The number of allylic oxidation sites excluding steroid dienone is 2. The molecule has 0 spiro atoms. The van der Waals surface area contributed by atoms with Gasteiger partial charge in [-0.1, -0.05) is 46.6 Å². The fourth-order valence-electron chi connectivity index (χ4n) is 2.51. The number of carbonyl (C=O) groups excluding carboxylic acids is 1. The number of carbonyl (C=O) groups is 1. The maximum absolute atomic E-state index is 12.4. The predicted molar refractivity (Wildman–Crippen MR) is 113 cm³/mol. The zero-order chi connectivity index (χ0) is 21.4. The summed E-state index contributed by atoms with van der Waals surface area (Å²) in [6.07, 6.45) is -2.45. The molecule has 156 valence electrons. The van der Waals surface area contributed by atoms with Crippen LogP contribution in [0, 0.1) is 6.92 Å². The number of alkyl halides is 3. The zero-order valence-corrected chi connectivity index (χ0v) is 17.7. The largest absolute Gasteiger partial charge is 0.491 e. The van der Waals surface area contributed by atoms with Crippen LogP contribution in [0.4, 0.5) is 29.3 Å². The van der Waals surface area contributed by atoms with Gasteiger partial charge in [-0.05, 0) is 44.0 Å². The Labute approximate surface area is 176 Å². The number of amides is 2. The monoisotopic (exact) mass is 470 g/mol. The highest BCUT2D eigenvalue weighted by Gasteiger charge is 2.22. The van der Waals surface area contributed by atoms with Crippen LogP contribution in [0.15, 0.2) is 53.0 Å². The minimum absolute atomic E-state index is 0.00621. The van der Waals surface area contributed by atoms with Crippen molar-refractivity contribution in [2.45, 2.75) is 32.9 Å². The van der Waals surface area contributed by atoms with Gasteiger partial charge in [-0.2, -0.15) is 13.2 Å². The van der Waals surface area contributed by atoms with Gasteiger partial charge in [0.1, 0.15) is 5.75 Å². The highest BCUT2D eigenvalue weighted by Crippen LogP contribution is 2.34. The van der Waals surface area contributed by atoms with Gasteiger partial charge >= 0.3 is 12.2 Å². The first-order valence-corrected chi connectivity index (χ1v) is 9.81. The summed E-state index contributed by atoms with van der Waals surface area (Å²) in [5.74, 6) is 0.348. The summed E-state index contributed by atoms with van der Waals surface area (Å²) in [4.78, 5) is 12.4. The number of rotatable bonds is 7. The zero-order valence-electron chi connectivity index (χ0n) is 16.1. The Kier molecular flexibility index (Phi) is 8.13. The number of benzene rings is 2. The minimum atomic E-state index is -4.38. The number of halogens is 4. The minimum Gasteiger partial charge on any atom is -0.491 e. The van der Waals surface area contributed by atoms with Crippen LogP contribution in [0.3, 0.4) is 0 Å². The lowest BCUT2D eigenvalue weighted by atomic mass is 10.1. The van der Waals surface area contributed by atoms with Crippen LogP contribution in [-0.2, 0) is 6.42 Å². The Hall–Kier alpha value is -2.48. The molecule has 8 heteroatoms. The van der Waals surface area contributed by atoms with E-state index >= 15 is 0 Å². The van der Waals surface area contributed by atoms with Crippen molar-refractivity contribution in [1.82, 2.24) is 0 Å². The summed E-state index contributed by atoms with van der Waals surface area (Å²) < 4.78 is 43.7. The molecular weight excluding hydrogens is 449 g/mol. The molecule has 4 nitrogen and oxygen atoms in total. The number of ether oxygens (including phenoxy) is 1. The lowest BCUT2D eigenvalue weighted by Gasteiger charge is -2.17. The number of aryl methyl sites for hydroxylation is 1. The summed E-state index contributed by atoms with van der Waals surface area (Å²) in [7, 11) is 0. The Morgan fingerprint density at radius 2 is 1.86 bits per heavy atom. The van der Waals surface area contributed by atoms with Crippen LogP contribution in [0.25, 0.3) is 0 Å². The molecule has 0 saturated heterocycles. The van der Waals surface area contributed by atoms with Gasteiger partial charge in [-0.15, -0.1) is 0 Å². The predicted octanol–water partition coefficient (Wildman–Crippen LogP) is 6.85. The summed E-state index contributed by atoms with van der Waals surface area (Å²) in [6, 6.07) is 10.1. The number of hydrogen-bond donors (Lipinski definition) is 2. The summed E-state index contributed by atoms with van der Waals surface area (Å²) in [5, 5.41) is 5.44. The molecule has 29 heavy (non-hydrogen) atoms. The third-order valence-electron chi connectivity index (χ3n) is 3.78. The van der Waals surface area contributed by atoms with E-state index in [2.05, 4.69) is 26.6 Å². The molecule has 0 heterocycles. The van der Waals surface area contributed by atoms with Crippen LogP contribution in [0.2, 0.25) is 0 Å². The molecule has 2 aromatic rings. The van der Waals surface area contributed by atoms with Crippen molar-refractivity contribution in [3.8, 4) is 5.75 Å². The molecule has 0 unspecified atom stereocenters. The number of anilines is 2. The molecule has 2 aromatic carbocycles. The van der Waals surface area contributed by atoms with Crippen molar-refractivity contribution in [2.75, 3.05) is 17.2 Å². The van der Waals surface area contributed by atoms with Crippen molar-refractivity contribution < 1.29 is 22.7 Å². The molecule has 2 rings (SSSR count). The first kappa shape index (κ1) is 22.8. The van der Waals surface area contributed by atoms with Crippen molar-refractivity contribution >= 4 is 33.3 Å². The van der Waals surface area contributed by atoms with E-state index in [1.807, 2.05) is 26.0 Å². The molecule has 0 aromatic heterocycles. The van der Waals surface area contributed by atoms with E-state index in [0.717, 1.165) is 11.6 Å². The summed E-state index contributed by atoms with van der Waals surface area (Å²) in [6.45, 7) is 4.22. The standard InChI is InChI=1S/C21H22BrF3N2O2/c1-3-11-29-19-15(5-4-10-21(23,24)25)12-16(22)13-18(19)27-20(28)26-17-8-6-14(2)7-9-17/h4,6-10,12-13H,3,5,11H2,1-2H3,(H2,26,27,28)/b10-4+. The molecular formula is C21H22BrF3N2O2. The Balaban J connectivity index is 2.24. The number of urea groups is 1. The topological polar surface area (TPSA) is 50.4 Å². The van der Waals surface area contributed by atoms with Gasteiger partial charge in [-0.25, -0.2) is 4.79 Å². The molecule has 2 N–H and O–H groups in total. The van der Waals surface area contributed by atoms with E-state index in [1.165, 1.54) is 0 Å².